The van der Waals surface area contributed by atoms with Crippen LogP contribution in [0.3, 0.4) is 0 Å². The van der Waals surface area contributed by atoms with Gasteiger partial charge in [-0.15, -0.1) is 0 Å². The van der Waals surface area contributed by atoms with E-state index in [1.165, 1.54) is 0 Å². The number of benzene rings is 3. The van der Waals surface area contributed by atoms with E-state index in [1.54, 1.807) is 55.5 Å². The predicted octanol–water partition coefficient (Wildman–Crippen LogP) is 4.67. The van der Waals surface area contributed by atoms with Gasteiger partial charge >= 0.3 is 0 Å². The first-order chi connectivity index (χ1) is 15.3. The fourth-order valence-electron chi connectivity index (χ4n) is 3.14. The molecule has 7 nitrogen and oxygen atoms in total. The lowest BCUT2D eigenvalue weighted by molar-refractivity contribution is -0.116. The third kappa shape index (κ3) is 6.01. The number of hydrogen-bond acceptors (Lipinski definition) is 5. The van der Waals surface area contributed by atoms with E-state index < -0.39 is 22.0 Å². The summed E-state index contributed by atoms with van der Waals surface area (Å²) in [6.07, 6.45) is 1.07. The number of rotatable bonds is 9. The highest BCUT2D eigenvalue weighted by Crippen LogP contribution is 2.26. The maximum absolute atomic E-state index is 12.8. The molecule has 1 amide bonds. The van der Waals surface area contributed by atoms with E-state index in [1.807, 2.05) is 37.3 Å². The topological polar surface area (TPSA) is 84.9 Å². The first kappa shape index (κ1) is 23.1. The molecule has 1 atom stereocenters. The summed E-state index contributed by atoms with van der Waals surface area (Å²) in [7, 11) is -3.71. The van der Waals surface area contributed by atoms with Gasteiger partial charge in [0, 0.05) is 5.69 Å². The van der Waals surface area contributed by atoms with Gasteiger partial charge in [-0.05, 0) is 74.5 Å². The highest BCUT2D eigenvalue weighted by molar-refractivity contribution is 7.92. The van der Waals surface area contributed by atoms with E-state index in [2.05, 4.69) is 5.32 Å². The molecule has 0 aromatic heterocycles. The van der Waals surface area contributed by atoms with Gasteiger partial charge in [0.1, 0.15) is 23.3 Å². The second kappa shape index (κ2) is 10.2. The molecule has 8 heteroatoms. The molecule has 0 aliphatic heterocycles. The van der Waals surface area contributed by atoms with Crippen LogP contribution in [0.15, 0.2) is 78.9 Å². The first-order valence-corrected chi connectivity index (χ1v) is 12.0. The second-order valence-electron chi connectivity index (χ2n) is 7.09. The zero-order valence-electron chi connectivity index (χ0n) is 18.2. The molecule has 168 valence electrons. The smallest absolute Gasteiger partial charge is 0.247 e. The van der Waals surface area contributed by atoms with E-state index in [-0.39, 0.29) is 0 Å². The molecule has 0 bridgehead atoms. The fraction of sp³-hybridized carbons (Fsp3) is 0.208. The van der Waals surface area contributed by atoms with Gasteiger partial charge in [0.15, 0.2) is 0 Å². The molecule has 0 unspecified atom stereocenters. The summed E-state index contributed by atoms with van der Waals surface area (Å²) in [6.45, 7) is 3.91. The summed E-state index contributed by atoms with van der Waals surface area (Å²) < 4.78 is 37.1. The monoisotopic (exact) mass is 454 g/mol. The summed E-state index contributed by atoms with van der Waals surface area (Å²) in [5.74, 6) is 1.49. The highest BCUT2D eigenvalue weighted by atomic mass is 32.2. The standard InChI is InChI=1S/C24H26N2O5S/c1-4-30-21-16-12-20(13-17-21)26(32(3,28)29)18(2)24(27)25-19-10-14-23(15-11-19)31-22-8-6-5-7-9-22/h5-18H,4H2,1-3H3,(H,25,27)/t18-/m0/s1. The van der Waals surface area contributed by atoms with E-state index in [4.69, 9.17) is 9.47 Å². The Labute approximate surface area is 188 Å². The lowest BCUT2D eigenvalue weighted by Crippen LogP contribution is -2.45. The van der Waals surface area contributed by atoms with Crippen LogP contribution in [0.25, 0.3) is 0 Å². The molecular weight excluding hydrogens is 428 g/mol. The van der Waals surface area contributed by atoms with E-state index in [0.717, 1.165) is 10.6 Å². The number of ether oxygens (including phenoxy) is 2. The molecule has 3 aromatic carbocycles. The van der Waals surface area contributed by atoms with Crippen LogP contribution in [-0.4, -0.2) is 33.2 Å². The first-order valence-electron chi connectivity index (χ1n) is 10.1. The van der Waals surface area contributed by atoms with Crippen LogP contribution in [0.4, 0.5) is 11.4 Å². The molecule has 32 heavy (non-hydrogen) atoms. The molecule has 0 saturated carbocycles. The average molecular weight is 455 g/mol. The molecule has 3 rings (SSSR count). The maximum Gasteiger partial charge on any atom is 0.247 e. The normalized spacial score (nSPS) is 12.0. The van der Waals surface area contributed by atoms with Crippen molar-refractivity contribution in [2.75, 3.05) is 22.5 Å². The predicted molar refractivity (Wildman–Crippen MR) is 126 cm³/mol. The van der Waals surface area contributed by atoms with Crippen molar-refractivity contribution in [2.45, 2.75) is 19.9 Å². The molecule has 0 fully saturated rings. The molecule has 0 aliphatic rings. The summed E-state index contributed by atoms with van der Waals surface area (Å²) in [6, 6.07) is 21.8. The number of carbonyl (C=O) groups is 1. The molecule has 3 aromatic rings. The highest BCUT2D eigenvalue weighted by Gasteiger charge is 2.29. The van der Waals surface area contributed by atoms with Crippen molar-refractivity contribution in [1.82, 2.24) is 0 Å². The van der Waals surface area contributed by atoms with Crippen LogP contribution in [0, 0.1) is 0 Å². The third-order valence-electron chi connectivity index (χ3n) is 4.59. The zero-order chi connectivity index (χ0) is 23.1. The van der Waals surface area contributed by atoms with Gasteiger partial charge in [0.2, 0.25) is 15.9 Å². The Morgan fingerprint density at radius 2 is 1.47 bits per heavy atom. The molecule has 1 N–H and O–H groups in total. The van der Waals surface area contributed by atoms with Crippen molar-refractivity contribution >= 4 is 27.3 Å². The number of nitrogens with one attached hydrogen (secondary N) is 1. The van der Waals surface area contributed by atoms with E-state index in [0.29, 0.717) is 35.2 Å². The Balaban J connectivity index is 1.72. The lowest BCUT2D eigenvalue weighted by Gasteiger charge is -2.28. The Kier molecular flexibility index (Phi) is 7.37. The second-order valence-corrected chi connectivity index (χ2v) is 8.95. The quantitative estimate of drug-likeness (QED) is 0.508. The number of hydrogen-bond donors (Lipinski definition) is 1. The maximum atomic E-state index is 12.8. The van der Waals surface area contributed by atoms with Crippen LogP contribution >= 0.6 is 0 Å². The third-order valence-corrected chi connectivity index (χ3v) is 5.83. The summed E-state index contributed by atoms with van der Waals surface area (Å²) in [5.41, 5.74) is 0.910. The van der Waals surface area contributed by atoms with Gasteiger partial charge in [0.25, 0.3) is 0 Å². The zero-order valence-corrected chi connectivity index (χ0v) is 19.0. The summed E-state index contributed by atoms with van der Waals surface area (Å²) >= 11 is 0. The number of nitrogens with zero attached hydrogens (tertiary/aromatic N) is 1. The van der Waals surface area contributed by atoms with Gasteiger partial charge in [-0.1, -0.05) is 18.2 Å². The van der Waals surface area contributed by atoms with Crippen LogP contribution in [0.5, 0.6) is 17.2 Å². The number of anilines is 2. The summed E-state index contributed by atoms with van der Waals surface area (Å²) in [4.78, 5) is 12.8. The number of sulfonamides is 1. The minimum atomic E-state index is -3.71. The molecule has 0 radical (unpaired) electrons. The van der Waals surface area contributed by atoms with Crippen molar-refractivity contribution < 1.29 is 22.7 Å². The van der Waals surface area contributed by atoms with Crippen molar-refractivity contribution in [2.24, 2.45) is 0 Å². The van der Waals surface area contributed by atoms with Gasteiger partial charge in [-0.3, -0.25) is 9.10 Å². The Bertz CT molecular complexity index is 1130. The number of carbonyl (C=O) groups excluding carboxylic acids is 1. The van der Waals surface area contributed by atoms with Gasteiger partial charge in [-0.2, -0.15) is 0 Å². The Morgan fingerprint density at radius 3 is 2.03 bits per heavy atom. The molecular formula is C24H26N2O5S. The van der Waals surface area contributed by atoms with Crippen molar-refractivity contribution in [1.29, 1.82) is 0 Å². The Hall–Kier alpha value is -3.52. The number of amides is 1. The van der Waals surface area contributed by atoms with Gasteiger partial charge < -0.3 is 14.8 Å². The van der Waals surface area contributed by atoms with Crippen molar-refractivity contribution in [3.8, 4) is 17.2 Å². The Morgan fingerprint density at radius 1 is 0.906 bits per heavy atom. The van der Waals surface area contributed by atoms with Crippen LogP contribution in [-0.2, 0) is 14.8 Å². The SMILES string of the molecule is CCOc1ccc(N([C@@H](C)C(=O)Nc2ccc(Oc3ccccc3)cc2)S(C)(=O)=O)cc1. The number of para-hydroxylation sites is 1. The van der Waals surface area contributed by atoms with Crippen LogP contribution in [0.1, 0.15) is 13.8 Å². The van der Waals surface area contributed by atoms with Gasteiger partial charge in [-0.25, -0.2) is 8.42 Å². The fourth-order valence-corrected chi connectivity index (χ4v) is 4.32. The van der Waals surface area contributed by atoms with Crippen molar-refractivity contribution in [3.63, 3.8) is 0 Å². The summed E-state index contributed by atoms with van der Waals surface area (Å²) in [5, 5.41) is 2.76. The van der Waals surface area contributed by atoms with Crippen molar-refractivity contribution in [3.05, 3.63) is 78.9 Å². The minimum absolute atomic E-state index is 0.380. The lowest BCUT2D eigenvalue weighted by atomic mass is 10.2. The van der Waals surface area contributed by atoms with Crippen LogP contribution < -0.4 is 19.1 Å². The average Bonchev–Trinajstić information content (AvgIpc) is 2.76. The van der Waals surface area contributed by atoms with Gasteiger partial charge in [0.05, 0.1) is 18.6 Å². The molecule has 0 aliphatic carbocycles. The molecule has 0 saturated heterocycles. The van der Waals surface area contributed by atoms with E-state index in [9.17, 15) is 13.2 Å². The minimum Gasteiger partial charge on any atom is -0.494 e. The molecule has 0 spiro atoms. The largest absolute Gasteiger partial charge is 0.494 e. The van der Waals surface area contributed by atoms with E-state index >= 15 is 0 Å². The molecule has 0 heterocycles. The van der Waals surface area contributed by atoms with Crippen LogP contribution in [0.2, 0.25) is 0 Å².